The maximum Gasteiger partial charge on any atom is 0.290 e. The lowest BCUT2D eigenvalue weighted by Crippen LogP contribution is -2.40. The summed E-state index contributed by atoms with van der Waals surface area (Å²) < 4.78 is 23.6. The third-order valence-electron chi connectivity index (χ3n) is 4.67. The number of aliphatic hydroxyl groups excluding tert-OH is 1. The molecule has 3 N–H and O–H groups in total. The van der Waals surface area contributed by atoms with E-state index in [2.05, 4.69) is 22.4 Å². The number of carbonyl (C=O) groups excluding carboxylic acids is 2. The molecule has 1 aliphatic carbocycles. The number of hydrogen-bond acceptors (Lipinski definition) is 6. The summed E-state index contributed by atoms with van der Waals surface area (Å²) in [5.41, 5.74) is 0.770. The molecule has 2 atom stereocenters. The third kappa shape index (κ3) is 6.80. The quantitative estimate of drug-likeness (QED) is 0.452. The van der Waals surface area contributed by atoms with Crippen LogP contribution < -0.4 is 15.4 Å². The number of hydrogen-bond donors (Lipinski definition) is 3. The predicted molar refractivity (Wildman–Crippen MR) is 110 cm³/mol. The number of amides is 2. The smallest absolute Gasteiger partial charge is 0.290 e. The molecule has 1 aliphatic rings. The van der Waals surface area contributed by atoms with Crippen LogP contribution in [0.3, 0.4) is 0 Å². The van der Waals surface area contributed by atoms with Crippen molar-refractivity contribution < 1.29 is 28.3 Å². The molecule has 31 heavy (non-hydrogen) atoms. The lowest BCUT2D eigenvalue weighted by Gasteiger charge is -2.18. The Hall–Kier alpha value is -2.91. The van der Waals surface area contributed by atoms with E-state index in [1.807, 2.05) is 0 Å². The zero-order valence-corrected chi connectivity index (χ0v) is 17.4. The Balaban J connectivity index is 1.38. The van der Waals surface area contributed by atoms with E-state index in [1.54, 1.807) is 6.07 Å². The molecule has 0 aliphatic heterocycles. The van der Waals surface area contributed by atoms with Crippen molar-refractivity contribution in [3.8, 4) is 5.75 Å². The van der Waals surface area contributed by atoms with Crippen LogP contribution in [0.2, 0.25) is 5.02 Å². The van der Waals surface area contributed by atoms with Crippen LogP contribution in [0.1, 0.15) is 41.4 Å². The minimum atomic E-state index is -0.947. The Kier molecular flexibility index (Phi) is 7.64. The van der Waals surface area contributed by atoms with Crippen molar-refractivity contribution in [1.82, 2.24) is 15.8 Å². The number of benzene rings is 1. The predicted octanol–water partition coefficient (Wildman–Crippen LogP) is 2.58. The van der Waals surface area contributed by atoms with Crippen LogP contribution in [0.4, 0.5) is 4.39 Å². The molecule has 0 saturated heterocycles. The highest BCUT2D eigenvalue weighted by molar-refractivity contribution is 6.30. The Morgan fingerprint density at radius 1 is 1.42 bits per heavy atom. The van der Waals surface area contributed by atoms with Gasteiger partial charge in [0.1, 0.15) is 11.6 Å². The number of aromatic nitrogens is 1. The molecule has 166 valence electrons. The van der Waals surface area contributed by atoms with Gasteiger partial charge in [0.15, 0.2) is 6.61 Å². The highest BCUT2D eigenvalue weighted by Gasteiger charge is 2.28. The topological polar surface area (TPSA) is 114 Å². The second-order valence-corrected chi connectivity index (χ2v) is 7.67. The summed E-state index contributed by atoms with van der Waals surface area (Å²) >= 11 is 5.58. The first-order valence-corrected chi connectivity index (χ1v) is 10.2. The van der Waals surface area contributed by atoms with Gasteiger partial charge in [-0.1, -0.05) is 22.8 Å². The second-order valence-electron chi connectivity index (χ2n) is 7.26. The summed E-state index contributed by atoms with van der Waals surface area (Å²) in [6.45, 7) is 3.24. The van der Waals surface area contributed by atoms with Gasteiger partial charge >= 0.3 is 0 Å². The molecule has 1 aromatic heterocycles. The highest BCUT2D eigenvalue weighted by Crippen LogP contribution is 2.39. The molecular formula is C21H23ClFN3O5. The summed E-state index contributed by atoms with van der Waals surface area (Å²) in [7, 11) is 0. The molecule has 2 unspecified atom stereocenters. The monoisotopic (exact) mass is 451 g/mol. The molecule has 8 nitrogen and oxygen atoms in total. The van der Waals surface area contributed by atoms with Gasteiger partial charge in [0.25, 0.3) is 11.8 Å². The first-order valence-electron chi connectivity index (χ1n) is 9.78. The van der Waals surface area contributed by atoms with Crippen molar-refractivity contribution in [2.45, 2.75) is 37.3 Å². The number of nitrogens with one attached hydrogen (secondary N) is 2. The fraction of sp³-hybridized carbons (Fsp3) is 0.381. The zero-order chi connectivity index (χ0) is 22.4. The lowest BCUT2D eigenvalue weighted by molar-refractivity contribution is -0.123. The first-order chi connectivity index (χ1) is 14.9. The van der Waals surface area contributed by atoms with E-state index in [0.717, 1.165) is 24.6 Å². The third-order valence-corrected chi connectivity index (χ3v) is 4.98. The van der Waals surface area contributed by atoms with E-state index < -0.39 is 29.8 Å². The molecule has 2 aromatic rings. The van der Waals surface area contributed by atoms with E-state index >= 15 is 0 Å². The fourth-order valence-electron chi connectivity index (χ4n) is 2.80. The van der Waals surface area contributed by atoms with Crippen molar-refractivity contribution in [1.29, 1.82) is 0 Å². The van der Waals surface area contributed by atoms with Gasteiger partial charge in [-0.3, -0.25) is 9.59 Å². The summed E-state index contributed by atoms with van der Waals surface area (Å²) in [6.07, 6.45) is 2.75. The average Bonchev–Trinajstić information content (AvgIpc) is 3.48. The van der Waals surface area contributed by atoms with E-state index in [0.29, 0.717) is 5.92 Å². The van der Waals surface area contributed by atoms with E-state index in [4.69, 9.17) is 20.9 Å². The lowest BCUT2D eigenvalue weighted by atomic mass is 10.1. The van der Waals surface area contributed by atoms with Gasteiger partial charge in [0, 0.05) is 30.6 Å². The van der Waals surface area contributed by atoms with Crippen LogP contribution in [-0.2, 0) is 4.79 Å². The normalized spacial score (nSPS) is 15.1. The molecule has 1 fully saturated rings. The van der Waals surface area contributed by atoms with Gasteiger partial charge in [0.05, 0.1) is 16.8 Å². The number of ether oxygens (including phenoxy) is 1. The molecule has 0 bridgehead atoms. The fourth-order valence-corrected chi connectivity index (χ4v) is 2.91. The number of carbonyl (C=O) groups is 2. The molecule has 3 rings (SSSR count). The van der Waals surface area contributed by atoms with Gasteiger partial charge < -0.3 is 25.0 Å². The summed E-state index contributed by atoms with van der Waals surface area (Å²) in [6, 6.07) is 4.92. The molecule has 1 aromatic carbocycles. The molecule has 1 heterocycles. The molecule has 0 spiro atoms. The molecular weight excluding hydrogens is 429 g/mol. The largest absolute Gasteiger partial charge is 0.484 e. The first kappa shape index (κ1) is 22.8. The maximum atomic E-state index is 13.4. The van der Waals surface area contributed by atoms with Crippen LogP contribution in [0.15, 0.2) is 41.4 Å². The Morgan fingerprint density at radius 2 is 2.19 bits per heavy atom. The maximum absolute atomic E-state index is 13.4. The Morgan fingerprint density at radius 3 is 2.87 bits per heavy atom. The Bertz CT molecular complexity index is 947. The minimum absolute atomic E-state index is 0.0459. The average molecular weight is 452 g/mol. The van der Waals surface area contributed by atoms with Crippen molar-refractivity contribution in [3.05, 3.63) is 59.2 Å². The van der Waals surface area contributed by atoms with Crippen LogP contribution in [-0.4, -0.2) is 47.4 Å². The van der Waals surface area contributed by atoms with E-state index in [1.165, 1.54) is 18.2 Å². The second kappa shape index (κ2) is 10.4. The van der Waals surface area contributed by atoms with Crippen molar-refractivity contribution >= 4 is 23.4 Å². The minimum Gasteiger partial charge on any atom is -0.484 e. The van der Waals surface area contributed by atoms with Gasteiger partial charge in [-0.25, -0.2) is 4.39 Å². The number of rotatable bonds is 11. The Labute approximate surface area is 183 Å². The summed E-state index contributed by atoms with van der Waals surface area (Å²) in [5, 5.41) is 19.2. The standard InChI is InChI=1S/C21H23ClFN3O5/c1-2-13(25-21(29)19-9-18(26-31-19)12-3-4-12)7-14(27)10-24-20(28)11-30-15-5-6-16(22)17(23)8-15/h2,5-6,8-9,12-14,27H,1,3-4,7,10-11H2,(H,24,28)(H,25,29). The van der Waals surface area contributed by atoms with Crippen LogP contribution in [0.25, 0.3) is 0 Å². The zero-order valence-electron chi connectivity index (χ0n) is 16.6. The van der Waals surface area contributed by atoms with Crippen molar-refractivity contribution in [3.63, 3.8) is 0 Å². The number of nitrogens with zero attached hydrogens (tertiary/aromatic N) is 1. The van der Waals surface area contributed by atoms with Gasteiger partial charge in [-0.15, -0.1) is 6.58 Å². The summed E-state index contributed by atoms with van der Waals surface area (Å²) in [4.78, 5) is 24.2. The van der Waals surface area contributed by atoms with Crippen LogP contribution in [0.5, 0.6) is 5.75 Å². The van der Waals surface area contributed by atoms with Crippen LogP contribution >= 0.6 is 11.6 Å². The van der Waals surface area contributed by atoms with Crippen molar-refractivity contribution in [2.24, 2.45) is 0 Å². The highest BCUT2D eigenvalue weighted by atomic mass is 35.5. The molecule has 2 amide bonds. The number of halogens is 2. The van der Waals surface area contributed by atoms with Gasteiger partial charge in [-0.05, 0) is 31.4 Å². The number of aliphatic hydroxyl groups is 1. The van der Waals surface area contributed by atoms with E-state index in [9.17, 15) is 19.1 Å². The summed E-state index contributed by atoms with van der Waals surface area (Å²) in [5.74, 6) is -0.973. The molecule has 1 saturated carbocycles. The van der Waals surface area contributed by atoms with Gasteiger partial charge in [-0.2, -0.15) is 0 Å². The van der Waals surface area contributed by atoms with Crippen molar-refractivity contribution in [2.75, 3.05) is 13.2 Å². The van der Waals surface area contributed by atoms with Crippen LogP contribution in [0, 0.1) is 5.82 Å². The SMILES string of the molecule is C=CC(CC(O)CNC(=O)COc1ccc(Cl)c(F)c1)NC(=O)c1cc(C2CC2)no1. The van der Waals surface area contributed by atoms with E-state index in [-0.39, 0.29) is 36.1 Å². The molecule has 10 heteroatoms. The van der Waals surface area contributed by atoms with Gasteiger partial charge in [0.2, 0.25) is 5.76 Å². The molecule has 0 radical (unpaired) electrons.